The van der Waals surface area contributed by atoms with Crippen molar-refractivity contribution in [3.63, 3.8) is 0 Å². The quantitative estimate of drug-likeness (QED) is 0.598. The van der Waals surface area contributed by atoms with Crippen molar-refractivity contribution in [3.8, 4) is 0 Å². The van der Waals surface area contributed by atoms with Crippen molar-refractivity contribution in [2.45, 2.75) is 31.1 Å². The third kappa shape index (κ3) is 4.64. The normalized spacial score (nSPS) is 15.5. The maximum Gasteiger partial charge on any atom is 0.257 e. The Morgan fingerprint density at radius 1 is 1.11 bits per heavy atom. The molecule has 0 bridgehead atoms. The van der Waals surface area contributed by atoms with Crippen LogP contribution in [0.1, 0.15) is 35.2 Å². The topological polar surface area (TPSA) is 66.5 Å². The lowest BCUT2D eigenvalue weighted by atomic mass is 10.1. The van der Waals surface area contributed by atoms with Crippen molar-refractivity contribution in [3.05, 3.63) is 56.1 Å². The monoisotopic (exact) mass is 518 g/mol. The van der Waals surface area contributed by atoms with Crippen LogP contribution >= 0.6 is 34.2 Å². The highest BCUT2D eigenvalue weighted by Crippen LogP contribution is 2.26. The minimum atomic E-state index is -3.63. The third-order valence-corrected chi connectivity index (χ3v) is 7.47. The molecule has 0 spiro atoms. The SMILES string of the molecule is Cc1cc(I)ccc1NC(=O)c1cc(S(=O)(=O)N2CCCCC2)ccc1Cl. The van der Waals surface area contributed by atoms with E-state index in [-0.39, 0.29) is 15.5 Å². The van der Waals surface area contributed by atoms with E-state index < -0.39 is 15.9 Å². The molecule has 8 heteroatoms. The largest absolute Gasteiger partial charge is 0.322 e. The summed E-state index contributed by atoms with van der Waals surface area (Å²) in [6.45, 7) is 2.92. The number of amides is 1. The molecule has 0 radical (unpaired) electrons. The number of carbonyl (C=O) groups excluding carboxylic acids is 1. The molecular formula is C19H20ClIN2O3S. The van der Waals surface area contributed by atoms with E-state index in [0.29, 0.717) is 18.8 Å². The summed E-state index contributed by atoms with van der Waals surface area (Å²) in [5.74, 6) is -0.431. The first-order valence-electron chi connectivity index (χ1n) is 8.66. The molecule has 1 N–H and O–H groups in total. The lowest BCUT2D eigenvalue weighted by Gasteiger charge is -2.26. The van der Waals surface area contributed by atoms with Gasteiger partial charge in [-0.3, -0.25) is 4.79 Å². The van der Waals surface area contributed by atoms with Crippen molar-refractivity contribution in [1.82, 2.24) is 4.31 Å². The van der Waals surface area contributed by atoms with Crippen LogP contribution in [0.2, 0.25) is 5.02 Å². The number of sulfonamides is 1. The van der Waals surface area contributed by atoms with Crippen LogP contribution in [0.4, 0.5) is 5.69 Å². The Bertz CT molecular complexity index is 973. The van der Waals surface area contributed by atoms with E-state index in [1.807, 2.05) is 25.1 Å². The molecule has 0 atom stereocenters. The van der Waals surface area contributed by atoms with E-state index in [1.165, 1.54) is 22.5 Å². The highest BCUT2D eigenvalue weighted by molar-refractivity contribution is 14.1. The van der Waals surface area contributed by atoms with Gasteiger partial charge in [0.15, 0.2) is 0 Å². The Morgan fingerprint density at radius 3 is 2.48 bits per heavy atom. The number of halogens is 2. The molecule has 3 rings (SSSR count). The predicted octanol–water partition coefficient (Wildman–Crippen LogP) is 4.68. The molecule has 0 saturated carbocycles. The van der Waals surface area contributed by atoms with Crippen LogP contribution in [-0.4, -0.2) is 31.7 Å². The Hall–Kier alpha value is -1.16. The summed E-state index contributed by atoms with van der Waals surface area (Å²) in [6.07, 6.45) is 2.74. The number of aryl methyl sites for hydroxylation is 1. The second-order valence-electron chi connectivity index (χ2n) is 6.52. The van der Waals surface area contributed by atoms with Gasteiger partial charge in [0.2, 0.25) is 10.0 Å². The summed E-state index contributed by atoms with van der Waals surface area (Å²) in [7, 11) is -3.63. The van der Waals surface area contributed by atoms with Crippen molar-refractivity contribution < 1.29 is 13.2 Å². The molecule has 1 fully saturated rings. The molecule has 1 amide bonds. The molecule has 0 aliphatic carbocycles. The van der Waals surface area contributed by atoms with Crippen molar-refractivity contribution in [2.24, 2.45) is 0 Å². The summed E-state index contributed by atoms with van der Waals surface area (Å²) >= 11 is 8.39. The van der Waals surface area contributed by atoms with Crippen LogP contribution in [0.25, 0.3) is 0 Å². The average molecular weight is 519 g/mol. The maximum atomic E-state index is 12.9. The van der Waals surface area contributed by atoms with Gasteiger partial charge < -0.3 is 5.32 Å². The molecule has 1 heterocycles. The maximum absolute atomic E-state index is 12.9. The van der Waals surface area contributed by atoms with E-state index in [4.69, 9.17) is 11.6 Å². The minimum Gasteiger partial charge on any atom is -0.322 e. The van der Waals surface area contributed by atoms with Gasteiger partial charge in [-0.25, -0.2) is 8.42 Å². The van der Waals surface area contributed by atoms with Crippen LogP contribution in [0.15, 0.2) is 41.3 Å². The Kier molecular flexibility index (Phi) is 6.45. The molecule has 1 aliphatic rings. The summed E-state index contributed by atoms with van der Waals surface area (Å²) in [4.78, 5) is 12.8. The van der Waals surface area contributed by atoms with E-state index in [1.54, 1.807) is 0 Å². The van der Waals surface area contributed by atoms with Crippen molar-refractivity contribution in [1.29, 1.82) is 0 Å². The lowest BCUT2D eigenvalue weighted by molar-refractivity contribution is 0.102. The Labute approximate surface area is 178 Å². The van der Waals surface area contributed by atoms with Crippen molar-refractivity contribution in [2.75, 3.05) is 18.4 Å². The van der Waals surface area contributed by atoms with E-state index in [0.717, 1.165) is 28.4 Å². The highest BCUT2D eigenvalue weighted by atomic mass is 127. The number of hydrogen-bond acceptors (Lipinski definition) is 3. The second-order valence-corrected chi connectivity index (χ2v) is 10.1. The Morgan fingerprint density at radius 2 is 1.81 bits per heavy atom. The van der Waals surface area contributed by atoms with Gasteiger partial charge in [-0.05, 0) is 84.3 Å². The fraction of sp³-hybridized carbons (Fsp3) is 0.316. The summed E-state index contributed by atoms with van der Waals surface area (Å²) in [6, 6.07) is 9.95. The van der Waals surface area contributed by atoms with Crippen LogP contribution in [0.3, 0.4) is 0 Å². The number of anilines is 1. The first-order chi connectivity index (χ1) is 12.8. The number of benzene rings is 2. The fourth-order valence-corrected chi connectivity index (χ4v) is 5.44. The molecule has 2 aromatic carbocycles. The van der Waals surface area contributed by atoms with E-state index in [9.17, 15) is 13.2 Å². The first-order valence-corrected chi connectivity index (χ1v) is 11.6. The van der Waals surface area contributed by atoms with Gasteiger partial charge in [0, 0.05) is 22.3 Å². The number of hydrogen-bond donors (Lipinski definition) is 1. The average Bonchev–Trinajstić information content (AvgIpc) is 2.65. The fourth-order valence-electron chi connectivity index (χ4n) is 3.05. The second kappa shape index (κ2) is 8.46. The van der Waals surface area contributed by atoms with Gasteiger partial charge in [0.25, 0.3) is 5.91 Å². The Balaban J connectivity index is 1.89. The van der Waals surface area contributed by atoms with E-state index >= 15 is 0 Å². The third-order valence-electron chi connectivity index (χ3n) is 4.57. The summed E-state index contributed by atoms with van der Waals surface area (Å²) in [5, 5.41) is 3.03. The van der Waals surface area contributed by atoms with Gasteiger partial charge in [0.1, 0.15) is 0 Å². The molecule has 5 nitrogen and oxygen atoms in total. The van der Waals surface area contributed by atoms with Gasteiger partial charge in [-0.15, -0.1) is 0 Å². The zero-order valence-electron chi connectivity index (χ0n) is 14.8. The molecule has 0 unspecified atom stereocenters. The van der Waals surface area contributed by atoms with Crippen LogP contribution in [-0.2, 0) is 10.0 Å². The standard InChI is InChI=1S/C19H20ClIN2O3S/c1-13-11-14(21)5-8-18(13)22-19(24)16-12-15(6-7-17(16)20)27(25,26)23-9-3-2-4-10-23/h5-8,11-12H,2-4,9-10H2,1H3,(H,22,24). The molecule has 1 aliphatic heterocycles. The molecule has 1 saturated heterocycles. The summed E-state index contributed by atoms with van der Waals surface area (Å²) in [5.41, 5.74) is 1.73. The molecule has 0 aromatic heterocycles. The number of nitrogens with zero attached hydrogens (tertiary/aromatic N) is 1. The number of nitrogens with one attached hydrogen (secondary N) is 1. The molecule has 27 heavy (non-hydrogen) atoms. The van der Waals surface area contributed by atoms with Crippen molar-refractivity contribution >= 4 is 55.8 Å². The number of rotatable bonds is 4. The van der Waals surface area contributed by atoms with E-state index in [2.05, 4.69) is 27.9 Å². The zero-order valence-corrected chi connectivity index (χ0v) is 18.6. The highest BCUT2D eigenvalue weighted by Gasteiger charge is 2.27. The van der Waals surface area contributed by atoms with Crippen LogP contribution in [0.5, 0.6) is 0 Å². The van der Waals surface area contributed by atoms with Gasteiger partial charge >= 0.3 is 0 Å². The minimum absolute atomic E-state index is 0.0956. The molecule has 2 aromatic rings. The van der Waals surface area contributed by atoms with Crippen LogP contribution < -0.4 is 5.32 Å². The molecular weight excluding hydrogens is 499 g/mol. The van der Waals surface area contributed by atoms with Gasteiger partial charge in [0.05, 0.1) is 15.5 Å². The summed E-state index contributed by atoms with van der Waals surface area (Å²) < 4.78 is 28.3. The molecule has 144 valence electrons. The number of piperidine rings is 1. The first kappa shape index (κ1) is 20.6. The van der Waals surface area contributed by atoms with Gasteiger partial charge in [-0.2, -0.15) is 4.31 Å². The van der Waals surface area contributed by atoms with Gasteiger partial charge in [-0.1, -0.05) is 18.0 Å². The zero-order chi connectivity index (χ0) is 19.6. The smallest absolute Gasteiger partial charge is 0.257 e. The lowest BCUT2D eigenvalue weighted by Crippen LogP contribution is -2.35. The predicted molar refractivity (Wildman–Crippen MR) is 116 cm³/mol. The van der Waals surface area contributed by atoms with Crippen LogP contribution in [0, 0.1) is 10.5 Å². The number of carbonyl (C=O) groups is 1.